The van der Waals surface area contributed by atoms with Crippen molar-refractivity contribution >= 4 is 34.5 Å². The van der Waals surface area contributed by atoms with Gasteiger partial charge in [0, 0.05) is 16.1 Å². The van der Waals surface area contributed by atoms with Crippen LogP contribution in [-0.2, 0) is 0 Å². The van der Waals surface area contributed by atoms with E-state index in [1.807, 2.05) is 0 Å². The highest BCUT2D eigenvalue weighted by molar-refractivity contribution is 6.31. The van der Waals surface area contributed by atoms with Gasteiger partial charge in [-0.25, -0.2) is 9.38 Å². The lowest BCUT2D eigenvalue weighted by Crippen LogP contribution is -2.22. The zero-order valence-electron chi connectivity index (χ0n) is 13.5. The van der Waals surface area contributed by atoms with Crippen LogP contribution >= 0.6 is 11.6 Å². The lowest BCUT2D eigenvalue weighted by molar-refractivity contribution is 0.356. The number of hydrazone groups is 1. The molecule has 25 heavy (non-hydrogen) atoms. The second-order valence-corrected chi connectivity index (χ2v) is 5.92. The quantitative estimate of drug-likeness (QED) is 0.652. The van der Waals surface area contributed by atoms with Gasteiger partial charge < -0.3 is 5.11 Å². The standard InChI is InChI=1S/C18H16ClFN4O/c1-11(10-25)23-24-17-9-21-18(13-4-2-3-5-15(13)20)14-8-12(19)6-7-16(14)22-17/h2-8,25H,9-10H2,1H3,(H,22,24). The van der Waals surface area contributed by atoms with Crippen LogP contribution in [0.15, 0.2) is 57.6 Å². The van der Waals surface area contributed by atoms with Crippen LogP contribution in [0.2, 0.25) is 5.02 Å². The third kappa shape index (κ3) is 3.92. The number of rotatable bonds is 3. The fourth-order valence-corrected chi connectivity index (χ4v) is 2.53. The lowest BCUT2D eigenvalue weighted by Gasteiger charge is -2.09. The van der Waals surface area contributed by atoms with Crippen molar-refractivity contribution in [1.29, 1.82) is 0 Å². The topological polar surface area (TPSA) is 69.3 Å². The number of hydrogen-bond acceptors (Lipinski definition) is 5. The highest BCUT2D eigenvalue weighted by atomic mass is 35.5. The van der Waals surface area contributed by atoms with Crippen LogP contribution in [0.1, 0.15) is 18.1 Å². The Morgan fingerprint density at radius 2 is 2.08 bits per heavy atom. The van der Waals surface area contributed by atoms with Gasteiger partial charge in [0.25, 0.3) is 0 Å². The third-order valence-corrected chi connectivity index (χ3v) is 3.82. The molecule has 0 amide bonds. The van der Waals surface area contributed by atoms with E-state index in [0.29, 0.717) is 39.1 Å². The van der Waals surface area contributed by atoms with Gasteiger partial charge in [-0.1, -0.05) is 23.7 Å². The van der Waals surface area contributed by atoms with Crippen LogP contribution in [0.5, 0.6) is 0 Å². The molecule has 128 valence electrons. The van der Waals surface area contributed by atoms with Gasteiger partial charge in [0.05, 0.1) is 30.3 Å². The van der Waals surface area contributed by atoms with E-state index in [1.165, 1.54) is 6.07 Å². The monoisotopic (exact) mass is 358 g/mol. The predicted molar refractivity (Wildman–Crippen MR) is 98.8 cm³/mol. The van der Waals surface area contributed by atoms with Crippen LogP contribution in [0, 0.1) is 5.82 Å². The molecule has 2 N–H and O–H groups in total. The van der Waals surface area contributed by atoms with E-state index in [1.54, 1.807) is 43.3 Å². The van der Waals surface area contributed by atoms with Gasteiger partial charge in [-0.2, -0.15) is 5.10 Å². The molecule has 0 atom stereocenters. The van der Waals surface area contributed by atoms with E-state index in [0.717, 1.165) is 0 Å². The molecule has 0 unspecified atom stereocenters. The fourth-order valence-electron chi connectivity index (χ4n) is 2.35. The summed E-state index contributed by atoms with van der Waals surface area (Å²) < 4.78 is 14.3. The minimum Gasteiger partial charge on any atom is -0.390 e. The Labute approximate surface area is 149 Å². The Balaban J connectivity index is 2.08. The number of aliphatic hydroxyl groups excluding tert-OH is 1. The summed E-state index contributed by atoms with van der Waals surface area (Å²) in [7, 11) is 0. The molecule has 2 aromatic rings. The normalized spacial score (nSPS) is 14.3. The summed E-state index contributed by atoms with van der Waals surface area (Å²) in [5.41, 5.74) is 5.45. The van der Waals surface area contributed by atoms with Crippen molar-refractivity contribution in [2.45, 2.75) is 6.92 Å². The van der Waals surface area contributed by atoms with E-state index >= 15 is 0 Å². The van der Waals surface area contributed by atoms with Crippen molar-refractivity contribution in [1.82, 2.24) is 5.43 Å². The summed E-state index contributed by atoms with van der Waals surface area (Å²) >= 11 is 6.12. The fraction of sp³-hybridized carbons (Fsp3) is 0.167. The van der Waals surface area contributed by atoms with Gasteiger partial charge >= 0.3 is 0 Å². The average molecular weight is 359 g/mol. The minimum atomic E-state index is -0.363. The number of fused-ring (bicyclic) bond motifs is 1. The molecule has 0 aliphatic carbocycles. The summed E-state index contributed by atoms with van der Waals surface area (Å²) in [6.07, 6.45) is 0. The molecule has 0 radical (unpaired) electrons. The van der Waals surface area contributed by atoms with Crippen LogP contribution in [0.4, 0.5) is 10.1 Å². The third-order valence-electron chi connectivity index (χ3n) is 3.59. The van der Waals surface area contributed by atoms with Gasteiger partial charge in [0.2, 0.25) is 0 Å². The molecule has 0 saturated heterocycles. The second kappa shape index (κ2) is 7.55. The molecule has 1 aliphatic rings. The smallest absolute Gasteiger partial charge is 0.144 e. The van der Waals surface area contributed by atoms with Crippen LogP contribution < -0.4 is 5.43 Å². The molecule has 3 rings (SSSR count). The van der Waals surface area contributed by atoms with Gasteiger partial charge in [-0.3, -0.25) is 10.4 Å². The molecule has 5 nitrogen and oxygen atoms in total. The molecule has 7 heteroatoms. The summed E-state index contributed by atoms with van der Waals surface area (Å²) in [6.45, 7) is 1.72. The predicted octanol–water partition coefficient (Wildman–Crippen LogP) is 3.32. The summed E-state index contributed by atoms with van der Waals surface area (Å²) in [5, 5.41) is 13.6. The number of hydrogen-bond donors (Lipinski definition) is 2. The molecule has 0 spiro atoms. The summed E-state index contributed by atoms with van der Waals surface area (Å²) in [6, 6.07) is 11.6. The highest BCUT2D eigenvalue weighted by Gasteiger charge is 2.19. The first-order valence-corrected chi connectivity index (χ1v) is 8.03. The Kier molecular flexibility index (Phi) is 5.21. The molecule has 0 aromatic heterocycles. The largest absolute Gasteiger partial charge is 0.390 e. The Bertz CT molecular complexity index is 892. The Morgan fingerprint density at radius 3 is 2.84 bits per heavy atom. The van der Waals surface area contributed by atoms with Crippen molar-refractivity contribution in [2.75, 3.05) is 13.2 Å². The van der Waals surface area contributed by atoms with Crippen molar-refractivity contribution in [3.63, 3.8) is 0 Å². The van der Waals surface area contributed by atoms with Gasteiger partial charge in [-0.15, -0.1) is 0 Å². The summed E-state index contributed by atoms with van der Waals surface area (Å²) in [4.78, 5) is 9.03. The van der Waals surface area contributed by atoms with E-state index in [2.05, 4.69) is 20.5 Å². The zero-order chi connectivity index (χ0) is 17.8. The molecule has 1 heterocycles. The average Bonchev–Trinajstić information content (AvgIpc) is 2.79. The SMILES string of the molecule is CC(CO)=NNC1=Nc2ccc(Cl)cc2C(c2ccccc2F)=NC1. The van der Waals surface area contributed by atoms with E-state index in [9.17, 15) is 4.39 Å². The number of nitrogens with one attached hydrogen (secondary N) is 1. The van der Waals surface area contributed by atoms with Crippen LogP contribution in [0.25, 0.3) is 0 Å². The number of amidine groups is 1. The number of halogens is 2. The molecule has 1 aliphatic heterocycles. The van der Waals surface area contributed by atoms with Crippen molar-refractivity contribution in [3.05, 3.63) is 64.4 Å². The summed E-state index contributed by atoms with van der Waals surface area (Å²) in [5.74, 6) is 0.125. The Hall–Kier alpha value is -2.57. The van der Waals surface area contributed by atoms with E-state index in [4.69, 9.17) is 16.7 Å². The molecule has 2 aromatic carbocycles. The first-order valence-electron chi connectivity index (χ1n) is 7.65. The number of benzene rings is 2. The lowest BCUT2D eigenvalue weighted by atomic mass is 10.0. The molecule has 0 saturated carbocycles. The van der Waals surface area contributed by atoms with E-state index in [-0.39, 0.29) is 19.0 Å². The van der Waals surface area contributed by atoms with Gasteiger partial charge in [0.1, 0.15) is 11.7 Å². The van der Waals surface area contributed by atoms with Crippen molar-refractivity contribution < 1.29 is 9.50 Å². The van der Waals surface area contributed by atoms with Gasteiger partial charge in [0.15, 0.2) is 0 Å². The van der Waals surface area contributed by atoms with E-state index < -0.39 is 0 Å². The zero-order valence-corrected chi connectivity index (χ0v) is 14.3. The van der Waals surface area contributed by atoms with Gasteiger partial charge in [-0.05, 0) is 37.3 Å². The van der Waals surface area contributed by atoms with Crippen LogP contribution in [0.3, 0.4) is 0 Å². The number of aliphatic imine (C=N–C) groups is 2. The molecule has 0 fully saturated rings. The maximum Gasteiger partial charge on any atom is 0.144 e. The molecule has 0 bridgehead atoms. The maximum atomic E-state index is 14.3. The molecular weight excluding hydrogens is 343 g/mol. The number of aliphatic hydroxyl groups is 1. The van der Waals surface area contributed by atoms with Crippen molar-refractivity contribution in [2.24, 2.45) is 15.1 Å². The van der Waals surface area contributed by atoms with Crippen LogP contribution in [-0.4, -0.2) is 35.5 Å². The first kappa shape index (κ1) is 17.3. The minimum absolute atomic E-state index is 0.157. The highest BCUT2D eigenvalue weighted by Crippen LogP contribution is 2.29. The molecular formula is C18H16ClFN4O. The maximum absolute atomic E-state index is 14.3. The second-order valence-electron chi connectivity index (χ2n) is 5.48. The van der Waals surface area contributed by atoms with Crippen molar-refractivity contribution in [3.8, 4) is 0 Å². The number of nitrogens with zero attached hydrogens (tertiary/aromatic N) is 3. The Morgan fingerprint density at radius 1 is 1.28 bits per heavy atom. The first-order chi connectivity index (χ1) is 12.1.